The first-order valence-corrected chi connectivity index (χ1v) is 8.28. The minimum absolute atomic E-state index is 0.214. The van der Waals surface area contributed by atoms with Gasteiger partial charge < -0.3 is 10.4 Å². The van der Waals surface area contributed by atoms with Gasteiger partial charge in [-0.1, -0.05) is 48.5 Å². The second-order valence-corrected chi connectivity index (χ2v) is 6.28. The van der Waals surface area contributed by atoms with Crippen molar-refractivity contribution in [1.29, 1.82) is 0 Å². The summed E-state index contributed by atoms with van der Waals surface area (Å²) in [5.74, 6) is -1.27. The van der Waals surface area contributed by atoms with E-state index in [0.717, 1.165) is 24.0 Å². The molecule has 1 aliphatic carbocycles. The number of carboxylic acids is 1. The number of fused-ring (bicyclic) bond motifs is 1. The van der Waals surface area contributed by atoms with E-state index in [1.54, 1.807) is 0 Å². The molecule has 2 aromatic rings. The number of hydrogen-bond acceptors (Lipinski definition) is 2. The predicted molar refractivity (Wildman–Crippen MR) is 91.9 cm³/mol. The third-order valence-electron chi connectivity index (χ3n) is 4.44. The highest BCUT2D eigenvalue weighted by molar-refractivity contribution is 5.85. The van der Waals surface area contributed by atoms with Gasteiger partial charge in [0.25, 0.3) is 0 Å². The summed E-state index contributed by atoms with van der Waals surface area (Å²) in [6.07, 6.45) is 3.84. The lowest BCUT2D eigenvalue weighted by atomic mass is 10.0. The van der Waals surface area contributed by atoms with Crippen molar-refractivity contribution in [3.63, 3.8) is 0 Å². The van der Waals surface area contributed by atoms with E-state index in [-0.39, 0.29) is 18.7 Å². The smallest absolute Gasteiger partial charge is 0.326 e. The number of carbonyl (C=O) groups excluding carboxylic acids is 1. The van der Waals surface area contributed by atoms with E-state index in [2.05, 4.69) is 17.4 Å². The fraction of sp³-hybridized carbons (Fsp3) is 0.300. The molecule has 1 aliphatic rings. The lowest BCUT2D eigenvalue weighted by Crippen LogP contribution is -2.43. The molecular weight excluding hydrogens is 302 g/mol. The fourth-order valence-electron chi connectivity index (χ4n) is 3.22. The van der Waals surface area contributed by atoms with Crippen LogP contribution in [0.1, 0.15) is 28.7 Å². The Labute approximate surface area is 141 Å². The quantitative estimate of drug-likeness (QED) is 0.858. The summed E-state index contributed by atoms with van der Waals surface area (Å²) >= 11 is 0. The van der Waals surface area contributed by atoms with Crippen molar-refractivity contribution >= 4 is 11.9 Å². The molecule has 2 aromatic carbocycles. The van der Waals surface area contributed by atoms with Gasteiger partial charge in [-0.15, -0.1) is 0 Å². The molecule has 0 heterocycles. The number of aryl methyl sites for hydroxylation is 2. The Bertz CT molecular complexity index is 740. The first-order valence-electron chi connectivity index (χ1n) is 8.28. The molecule has 0 aromatic heterocycles. The first-order chi connectivity index (χ1) is 11.6. The molecule has 2 N–H and O–H groups in total. The maximum atomic E-state index is 12.2. The zero-order chi connectivity index (χ0) is 16.9. The van der Waals surface area contributed by atoms with Gasteiger partial charge in [0.1, 0.15) is 6.04 Å². The van der Waals surface area contributed by atoms with Crippen LogP contribution in [0, 0.1) is 0 Å². The van der Waals surface area contributed by atoms with E-state index in [9.17, 15) is 14.7 Å². The molecule has 0 unspecified atom stereocenters. The van der Waals surface area contributed by atoms with Crippen LogP contribution in [-0.4, -0.2) is 23.0 Å². The fourth-order valence-corrected chi connectivity index (χ4v) is 3.22. The topological polar surface area (TPSA) is 66.4 Å². The van der Waals surface area contributed by atoms with Gasteiger partial charge in [-0.05, 0) is 41.5 Å². The molecule has 1 atom stereocenters. The van der Waals surface area contributed by atoms with Gasteiger partial charge in [-0.2, -0.15) is 0 Å². The highest BCUT2D eigenvalue weighted by Crippen LogP contribution is 2.23. The zero-order valence-corrected chi connectivity index (χ0v) is 13.5. The molecule has 124 valence electrons. The molecule has 0 saturated carbocycles. The lowest BCUT2D eigenvalue weighted by Gasteiger charge is -2.15. The molecule has 0 saturated heterocycles. The van der Waals surface area contributed by atoms with Crippen molar-refractivity contribution in [1.82, 2.24) is 5.32 Å². The van der Waals surface area contributed by atoms with Crippen LogP contribution in [0.4, 0.5) is 0 Å². The minimum atomic E-state index is -1.01. The Morgan fingerprint density at radius 2 is 1.75 bits per heavy atom. The molecule has 3 rings (SSSR count). The van der Waals surface area contributed by atoms with Crippen LogP contribution in [0.5, 0.6) is 0 Å². The Morgan fingerprint density at radius 1 is 1.00 bits per heavy atom. The zero-order valence-electron chi connectivity index (χ0n) is 13.5. The number of benzene rings is 2. The molecule has 4 nitrogen and oxygen atoms in total. The summed E-state index contributed by atoms with van der Waals surface area (Å²) in [5.41, 5.74) is 4.52. The Balaban J connectivity index is 1.62. The van der Waals surface area contributed by atoms with E-state index in [4.69, 9.17) is 0 Å². The second kappa shape index (κ2) is 7.30. The highest BCUT2D eigenvalue weighted by atomic mass is 16.4. The molecular formula is C20H21NO3. The van der Waals surface area contributed by atoms with Crippen molar-refractivity contribution in [3.05, 3.63) is 70.8 Å². The van der Waals surface area contributed by atoms with E-state index >= 15 is 0 Å². The average Bonchev–Trinajstić information content (AvgIpc) is 3.02. The van der Waals surface area contributed by atoms with Crippen LogP contribution < -0.4 is 5.32 Å². The van der Waals surface area contributed by atoms with E-state index in [0.29, 0.717) is 0 Å². The number of carboxylic acid groups (broad SMARTS) is 1. The van der Waals surface area contributed by atoms with Crippen LogP contribution in [0.2, 0.25) is 0 Å². The molecule has 0 spiro atoms. The number of aliphatic carboxylic acids is 1. The van der Waals surface area contributed by atoms with Gasteiger partial charge >= 0.3 is 5.97 Å². The van der Waals surface area contributed by atoms with Crippen molar-refractivity contribution in [3.8, 4) is 0 Å². The summed E-state index contributed by atoms with van der Waals surface area (Å²) in [6, 6.07) is 14.6. The van der Waals surface area contributed by atoms with Crippen LogP contribution in [0.15, 0.2) is 48.5 Å². The first kappa shape index (κ1) is 16.2. The van der Waals surface area contributed by atoms with Crippen molar-refractivity contribution in [2.24, 2.45) is 0 Å². The maximum absolute atomic E-state index is 12.2. The Kier molecular flexibility index (Phi) is 4.94. The molecule has 24 heavy (non-hydrogen) atoms. The normalized spacial score (nSPS) is 14.0. The summed E-state index contributed by atoms with van der Waals surface area (Å²) in [4.78, 5) is 23.7. The van der Waals surface area contributed by atoms with Crippen molar-refractivity contribution < 1.29 is 14.7 Å². The number of amides is 1. The van der Waals surface area contributed by atoms with E-state index < -0.39 is 12.0 Å². The summed E-state index contributed by atoms with van der Waals surface area (Å²) in [7, 11) is 0. The molecule has 0 radical (unpaired) electrons. The van der Waals surface area contributed by atoms with Crippen LogP contribution in [0.3, 0.4) is 0 Å². The second-order valence-electron chi connectivity index (χ2n) is 6.28. The van der Waals surface area contributed by atoms with Gasteiger partial charge in [0.15, 0.2) is 0 Å². The van der Waals surface area contributed by atoms with E-state index in [1.165, 1.54) is 17.5 Å². The maximum Gasteiger partial charge on any atom is 0.326 e. The lowest BCUT2D eigenvalue weighted by molar-refractivity contribution is -0.141. The summed E-state index contributed by atoms with van der Waals surface area (Å²) in [5, 5.41) is 12.0. The van der Waals surface area contributed by atoms with Crippen LogP contribution in [0.25, 0.3) is 0 Å². The molecule has 1 amide bonds. The third kappa shape index (κ3) is 4.02. The van der Waals surface area contributed by atoms with E-state index in [1.807, 2.05) is 36.4 Å². The van der Waals surface area contributed by atoms with Gasteiger partial charge in [0, 0.05) is 6.42 Å². The summed E-state index contributed by atoms with van der Waals surface area (Å²) < 4.78 is 0. The number of carbonyl (C=O) groups is 2. The standard InChI is InChI=1S/C20H21NO3/c22-19(13-15-9-10-16-7-4-8-17(16)11-15)21-18(20(23)24)12-14-5-2-1-3-6-14/h1-3,5-6,9-11,18H,4,7-8,12-13H2,(H,21,22)(H,23,24)/t18-/m1/s1. The monoisotopic (exact) mass is 323 g/mol. The summed E-state index contributed by atoms with van der Waals surface area (Å²) in [6.45, 7) is 0. The van der Waals surface area contributed by atoms with Gasteiger partial charge in [-0.25, -0.2) is 4.79 Å². The molecule has 4 heteroatoms. The van der Waals surface area contributed by atoms with Crippen LogP contribution in [-0.2, 0) is 35.3 Å². The van der Waals surface area contributed by atoms with Gasteiger partial charge in [0.2, 0.25) is 5.91 Å². The SMILES string of the molecule is O=C(Cc1ccc2c(c1)CCC2)N[C@H](Cc1ccccc1)C(=O)O. The van der Waals surface area contributed by atoms with Gasteiger partial charge in [-0.3, -0.25) is 4.79 Å². The predicted octanol–water partition coefficient (Wildman–Crippen LogP) is 2.53. The molecule has 0 aliphatic heterocycles. The minimum Gasteiger partial charge on any atom is -0.480 e. The van der Waals surface area contributed by atoms with Crippen LogP contribution >= 0.6 is 0 Å². The highest BCUT2D eigenvalue weighted by Gasteiger charge is 2.21. The molecule has 0 fully saturated rings. The number of rotatable bonds is 6. The number of nitrogens with one attached hydrogen (secondary N) is 1. The largest absolute Gasteiger partial charge is 0.480 e. The number of hydrogen-bond donors (Lipinski definition) is 2. The average molecular weight is 323 g/mol. The van der Waals surface area contributed by atoms with Gasteiger partial charge in [0.05, 0.1) is 6.42 Å². The third-order valence-corrected chi connectivity index (χ3v) is 4.44. The van der Waals surface area contributed by atoms with Crippen molar-refractivity contribution in [2.75, 3.05) is 0 Å². The molecule has 0 bridgehead atoms. The van der Waals surface area contributed by atoms with Crippen molar-refractivity contribution in [2.45, 2.75) is 38.1 Å². The Hall–Kier alpha value is -2.62. The Morgan fingerprint density at radius 3 is 2.50 bits per heavy atom.